The highest BCUT2D eigenvalue weighted by atomic mass is 16.5. The molecule has 18 heavy (non-hydrogen) atoms. The molecule has 1 atom stereocenters. The molecule has 0 saturated heterocycles. The summed E-state index contributed by atoms with van der Waals surface area (Å²) in [5, 5.41) is 0. The smallest absolute Gasteiger partial charge is 0.306 e. The molecule has 0 aromatic carbocycles. The molecule has 2 heteroatoms. The molecule has 0 spiro atoms. The Bertz CT molecular complexity index is 279. The Kier molecular flexibility index (Phi) is 7.07. The van der Waals surface area contributed by atoms with Gasteiger partial charge in [0.05, 0.1) is 6.61 Å². The average molecular weight is 252 g/mol. The fourth-order valence-electron chi connectivity index (χ4n) is 2.43. The molecular formula is C16H28O2. The van der Waals surface area contributed by atoms with Gasteiger partial charge < -0.3 is 4.74 Å². The van der Waals surface area contributed by atoms with Crippen LogP contribution in [0.5, 0.6) is 0 Å². The number of carbonyl (C=O) groups excluding carboxylic acids is 1. The Labute approximate surface area is 112 Å². The first-order valence-corrected chi connectivity index (χ1v) is 7.48. The minimum Gasteiger partial charge on any atom is -0.466 e. The standard InChI is InChI=1S/C16H28O2/c1-4-5-11-18-16(17)10-9-14-7-6-8-15(12-14)13(2)3/h12-13,15H,4-11H2,1-3H3. The lowest BCUT2D eigenvalue weighted by molar-refractivity contribution is -0.143. The molecule has 0 fully saturated rings. The SMILES string of the molecule is CCCCOC(=O)CCC1=CC(C(C)C)CCC1. The molecule has 0 amide bonds. The number of hydrogen-bond donors (Lipinski definition) is 0. The van der Waals surface area contributed by atoms with E-state index in [1.54, 1.807) is 0 Å². The van der Waals surface area contributed by atoms with E-state index in [2.05, 4.69) is 26.8 Å². The summed E-state index contributed by atoms with van der Waals surface area (Å²) in [6.07, 6.45) is 9.67. The van der Waals surface area contributed by atoms with Gasteiger partial charge in [-0.2, -0.15) is 0 Å². The van der Waals surface area contributed by atoms with Gasteiger partial charge in [0.25, 0.3) is 0 Å². The molecule has 1 unspecified atom stereocenters. The normalized spacial score (nSPS) is 19.8. The molecule has 1 aliphatic rings. The molecule has 1 aliphatic carbocycles. The van der Waals surface area contributed by atoms with Crippen LogP contribution < -0.4 is 0 Å². The number of rotatable bonds is 7. The summed E-state index contributed by atoms with van der Waals surface area (Å²) in [6.45, 7) is 7.25. The monoisotopic (exact) mass is 252 g/mol. The number of allylic oxidation sites excluding steroid dienone is 2. The lowest BCUT2D eigenvalue weighted by Gasteiger charge is -2.24. The lowest BCUT2D eigenvalue weighted by atomic mass is 9.82. The first-order chi connectivity index (χ1) is 8.63. The minimum absolute atomic E-state index is 0.0315. The fraction of sp³-hybridized carbons (Fsp3) is 0.812. The predicted molar refractivity (Wildman–Crippen MR) is 75.4 cm³/mol. The second-order valence-corrected chi connectivity index (χ2v) is 5.70. The molecule has 0 aromatic heterocycles. The topological polar surface area (TPSA) is 26.3 Å². The zero-order valence-electron chi connectivity index (χ0n) is 12.2. The van der Waals surface area contributed by atoms with Crippen LogP contribution in [0, 0.1) is 11.8 Å². The van der Waals surface area contributed by atoms with Crippen molar-refractivity contribution in [3.8, 4) is 0 Å². The van der Waals surface area contributed by atoms with Crippen molar-refractivity contribution in [1.82, 2.24) is 0 Å². The average Bonchev–Trinajstić information content (AvgIpc) is 2.37. The van der Waals surface area contributed by atoms with E-state index in [9.17, 15) is 4.79 Å². The summed E-state index contributed by atoms with van der Waals surface area (Å²) in [5.74, 6) is 1.40. The van der Waals surface area contributed by atoms with Gasteiger partial charge >= 0.3 is 5.97 Å². The summed E-state index contributed by atoms with van der Waals surface area (Å²) < 4.78 is 5.18. The molecule has 0 aliphatic heterocycles. The van der Waals surface area contributed by atoms with Gasteiger partial charge in [0, 0.05) is 6.42 Å². The van der Waals surface area contributed by atoms with Crippen molar-refractivity contribution >= 4 is 5.97 Å². The van der Waals surface area contributed by atoms with Gasteiger partial charge in [-0.3, -0.25) is 4.79 Å². The van der Waals surface area contributed by atoms with Crippen LogP contribution in [0.25, 0.3) is 0 Å². The third-order valence-electron chi connectivity index (χ3n) is 3.75. The van der Waals surface area contributed by atoms with Crippen LogP contribution in [0.15, 0.2) is 11.6 Å². The molecule has 1 rings (SSSR count). The number of carbonyl (C=O) groups is 1. The van der Waals surface area contributed by atoms with Crippen molar-refractivity contribution in [3.63, 3.8) is 0 Å². The minimum atomic E-state index is -0.0315. The maximum Gasteiger partial charge on any atom is 0.306 e. The second-order valence-electron chi connectivity index (χ2n) is 5.70. The second kappa shape index (κ2) is 8.34. The van der Waals surface area contributed by atoms with Gasteiger partial charge in [-0.05, 0) is 43.9 Å². The maximum absolute atomic E-state index is 11.5. The van der Waals surface area contributed by atoms with Crippen LogP contribution in [-0.4, -0.2) is 12.6 Å². The largest absolute Gasteiger partial charge is 0.466 e. The first kappa shape index (κ1) is 15.3. The van der Waals surface area contributed by atoms with Gasteiger partial charge in [-0.25, -0.2) is 0 Å². The van der Waals surface area contributed by atoms with Crippen molar-refractivity contribution in [1.29, 1.82) is 0 Å². The Morgan fingerprint density at radius 2 is 2.28 bits per heavy atom. The van der Waals surface area contributed by atoms with Crippen molar-refractivity contribution in [2.75, 3.05) is 6.61 Å². The van der Waals surface area contributed by atoms with E-state index in [-0.39, 0.29) is 5.97 Å². The van der Waals surface area contributed by atoms with Crippen molar-refractivity contribution in [2.24, 2.45) is 11.8 Å². The number of hydrogen-bond acceptors (Lipinski definition) is 2. The molecule has 0 N–H and O–H groups in total. The van der Waals surface area contributed by atoms with Crippen LogP contribution in [0.3, 0.4) is 0 Å². The fourth-order valence-corrected chi connectivity index (χ4v) is 2.43. The zero-order valence-corrected chi connectivity index (χ0v) is 12.2. The highest BCUT2D eigenvalue weighted by Crippen LogP contribution is 2.30. The van der Waals surface area contributed by atoms with Crippen LogP contribution in [0.1, 0.15) is 65.7 Å². The molecule has 0 radical (unpaired) electrons. The van der Waals surface area contributed by atoms with Gasteiger partial charge in [-0.15, -0.1) is 0 Å². The number of unbranched alkanes of at least 4 members (excludes halogenated alkanes) is 1. The Morgan fingerprint density at radius 1 is 1.50 bits per heavy atom. The summed E-state index contributed by atoms with van der Waals surface area (Å²) >= 11 is 0. The molecule has 2 nitrogen and oxygen atoms in total. The van der Waals surface area contributed by atoms with Crippen LogP contribution >= 0.6 is 0 Å². The number of ether oxygens (including phenoxy) is 1. The van der Waals surface area contributed by atoms with E-state index in [0.717, 1.165) is 25.2 Å². The van der Waals surface area contributed by atoms with E-state index >= 15 is 0 Å². The number of esters is 1. The summed E-state index contributed by atoms with van der Waals surface area (Å²) in [5.41, 5.74) is 1.47. The summed E-state index contributed by atoms with van der Waals surface area (Å²) in [6, 6.07) is 0. The first-order valence-electron chi connectivity index (χ1n) is 7.48. The molecule has 0 heterocycles. The van der Waals surface area contributed by atoms with Crippen molar-refractivity contribution in [3.05, 3.63) is 11.6 Å². The van der Waals surface area contributed by atoms with Crippen molar-refractivity contribution < 1.29 is 9.53 Å². The Balaban J connectivity index is 2.27. The molecule has 0 bridgehead atoms. The van der Waals surface area contributed by atoms with E-state index < -0.39 is 0 Å². The summed E-state index contributed by atoms with van der Waals surface area (Å²) in [7, 11) is 0. The molecule has 0 aromatic rings. The highest BCUT2D eigenvalue weighted by Gasteiger charge is 2.17. The van der Waals surface area contributed by atoms with Crippen LogP contribution in [-0.2, 0) is 9.53 Å². The molecule has 0 saturated carbocycles. The van der Waals surface area contributed by atoms with Gasteiger partial charge in [0.15, 0.2) is 0 Å². The van der Waals surface area contributed by atoms with E-state index in [1.807, 2.05) is 0 Å². The third-order valence-corrected chi connectivity index (χ3v) is 3.75. The lowest BCUT2D eigenvalue weighted by Crippen LogP contribution is -2.12. The maximum atomic E-state index is 11.5. The highest BCUT2D eigenvalue weighted by molar-refractivity contribution is 5.69. The third kappa shape index (κ3) is 5.70. The van der Waals surface area contributed by atoms with E-state index in [4.69, 9.17) is 4.74 Å². The zero-order chi connectivity index (χ0) is 13.4. The van der Waals surface area contributed by atoms with Crippen molar-refractivity contribution in [2.45, 2.75) is 65.7 Å². The predicted octanol–water partition coefficient (Wildman–Crippen LogP) is 4.49. The molecular weight excluding hydrogens is 224 g/mol. The van der Waals surface area contributed by atoms with Crippen LogP contribution in [0.2, 0.25) is 0 Å². The molecule has 104 valence electrons. The van der Waals surface area contributed by atoms with E-state index in [1.165, 1.54) is 24.8 Å². The Hall–Kier alpha value is -0.790. The van der Waals surface area contributed by atoms with E-state index in [0.29, 0.717) is 18.9 Å². The Morgan fingerprint density at radius 3 is 2.94 bits per heavy atom. The summed E-state index contributed by atoms with van der Waals surface area (Å²) in [4.78, 5) is 11.5. The van der Waals surface area contributed by atoms with Crippen LogP contribution in [0.4, 0.5) is 0 Å². The van der Waals surface area contributed by atoms with Gasteiger partial charge in [0.1, 0.15) is 0 Å². The van der Waals surface area contributed by atoms with Gasteiger partial charge in [-0.1, -0.05) is 38.8 Å². The quantitative estimate of drug-likeness (QED) is 0.379. The van der Waals surface area contributed by atoms with Gasteiger partial charge in [0.2, 0.25) is 0 Å².